The minimum atomic E-state index is -0.426. The van der Waals surface area contributed by atoms with Crippen molar-refractivity contribution >= 4 is 44.4 Å². The van der Waals surface area contributed by atoms with Crippen molar-refractivity contribution in [3.8, 4) is 0 Å². The van der Waals surface area contributed by atoms with Crippen LogP contribution in [0.2, 0.25) is 0 Å². The molecule has 0 fully saturated rings. The van der Waals surface area contributed by atoms with Gasteiger partial charge in [0.25, 0.3) is 0 Å². The van der Waals surface area contributed by atoms with Gasteiger partial charge in [0, 0.05) is 41.7 Å². The lowest BCUT2D eigenvalue weighted by atomic mass is 10.1. The first-order chi connectivity index (χ1) is 13.8. The molecule has 0 aliphatic rings. The van der Waals surface area contributed by atoms with Gasteiger partial charge < -0.3 is 14.6 Å². The molecule has 3 rings (SSSR count). The van der Waals surface area contributed by atoms with Crippen LogP contribution in [0.15, 0.2) is 56.1 Å². The van der Waals surface area contributed by atoms with Crippen LogP contribution in [0.3, 0.4) is 0 Å². The van der Waals surface area contributed by atoms with Gasteiger partial charge in [0.05, 0.1) is 5.52 Å². The first-order valence-corrected chi connectivity index (χ1v) is 9.99. The number of nitrogens with one attached hydrogen (secondary N) is 1. The zero-order chi connectivity index (χ0) is 21.0. The van der Waals surface area contributed by atoms with E-state index < -0.39 is 5.76 Å². The molecule has 3 aromatic rings. The highest BCUT2D eigenvalue weighted by atomic mass is 79.9. The number of hydrogen-bond acceptors (Lipinski definition) is 5. The van der Waals surface area contributed by atoms with E-state index in [0.29, 0.717) is 35.4 Å². The van der Waals surface area contributed by atoms with E-state index in [9.17, 15) is 14.4 Å². The molecule has 29 heavy (non-hydrogen) atoms. The predicted molar refractivity (Wildman–Crippen MR) is 115 cm³/mol. The molecule has 0 saturated carbocycles. The Morgan fingerprint density at radius 1 is 1.10 bits per heavy atom. The summed E-state index contributed by atoms with van der Waals surface area (Å²) in [6.45, 7) is 1.17. The largest absolute Gasteiger partial charge is 0.419 e. The van der Waals surface area contributed by atoms with E-state index in [1.165, 1.54) is 0 Å². The fourth-order valence-corrected chi connectivity index (χ4v) is 3.15. The second-order valence-corrected chi connectivity index (χ2v) is 7.90. The molecule has 1 amide bonds. The highest BCUT2D eigenvalue weighted by molar-refractivity contribution is 9.10. The normalized spacial score (nSPS) is 11.2. The third-order valence-electron chi connectivity index (χ3n) is 4.47. The number of halogens is 1. The van der Waals surface area contributed by atoms with Crippen molar-refractivity contribution in [3.05, 3.63) is 63.1 Å². The maximum absolute atomic E-state index is 12.3. The Hall–Kier alpha value is -2.71. The Kier molecular flexibility index (Phi) is 6.66. The smallest absolute Gasteiger partial charge is 0.408 e. The van der Waals surface area contributed by atoms with Gasteiger partial charge in [-0.15, -0.1) is 0 Å². The molecular formula is C21H22BrN3O4. The van der Waals surface area contributed by atoms with Gasteiger partial charge in [-0.1, -0.05) is 28.1 Å². The number of Topliss-reactive ketones (excluding diaryl/α,β-unsaturated/α-hetero) is 1. The summed E-state index contributed by atoms with van der Waals surface area (Å²) in [6, 6.07) is 12.1. The number of nitrogens with zero attached hydrogens (tertiary/aromatic N) is 2. The number of aromatic nitrogens is 1. The van der Waals surface area contributed by atoms with Crippen LogP contribution in [-0.2, 0) is 11.3 Å². The quantitative estimate of drug-likeness (QED) is 0.520. The van der Waals surface area contributed by atoms with Crippen LogP contribution in [0, 0.1) is 0 Å². The Morgan fingerprint density at radius 2 is 1.83 bits per heavy atom. The molecule has 0 aliphatic heterocycles. The van der Waals surface area contributed by atoms with Crippen molar-refractivity contribution in [2.24, 2.45) is 0 Å². The van der Waals surface area contributed by atoms with Crippen molar-refractivity contribution in [2.75, 3.05) is 26.0 Å². The molecule has 1 heterocycles. The number of fused-ring (bicyclic) bond motifs is 1. The number of anilines is 1. The average Bonchev–Trinajstić information content (AvgIpc) is 2.99. The number of oxazole rings is 1. The van der Waals surface area contributed by atoms with Crippen LogP contribution >= 0.6 is 15.9 Å². The van der Waals surface area contributed by atoms with Gasteiger partial charge >= 0.3 is 5.76 Å². The number of carbonyl (C=O) groups is 2. The maximum atomic E-state index is 12.3. The number of likely N-dealkylation sites (N-methyl/N-ethyl adjacent to an activating group) is 1. The maximum Gasteiger partial charge on any atom is 0.419 e. The van der Waals surface area contributed by atoms with E-state index >= 15 is 0 Å². The molecule has 8 heteroatoms. The van der Waals surface area contributed by atoms with Crippen LogP contribution in [-0.4, -0.2) is 41.8 Å². The van der Waals surface area contributed by atoms with Crippen molar-refractivity contribution in [1.29, 1.82) is 0 Å². The standard InChI is InChI=1S/C21H22BrN3O4/c1-24(2)11-12-25-17-13-16(7-9-19(17)29-21(25)28)23-20(27)10-8-18(26)14-3-5-15(22)6-4-14/h3-7,9,13H,8,10-12H2,1-2H3,(H,23,27). The van der Waals surface area contributed by atoms with Gasteiger partial charge in [0.2, 0.25) is 5.91 Å². The van der Waals surface area contributed by atoms with E-state index in [0.717, 1.165) is 4.47 Å². The molecular weight excluding hydrogens is 438 g/mol. The van der Waals surface area contributed by atoms with E-state index in [2.05, 4.69) is 21.2 Å². The van der Waals surface area contributed by atoms with Crippen LogP contribution in [0.1, 0.15) is 23.2 Å². The number of amides is 1. The topological polar surface area (TPSA) is 84.6 Å². The zero-order valence-electron chi connectivity index (χ0n) is 16.3. The monoisotopic (exact) mass is 459 g/mol. The van der Waals surface area contributed by atoms with Gasteiger partial charge in [-0.05, 0) is 44.4 Å². The molecule has 0 unspecified atom stereocenters. The molecule has 1 N–H and O–H groups in total. The Bertz CT molecular complexity index is 1080. The minimum absolute atomic E-state index is 0.0752. The fourth-order valence-electron chi connectivity index (χ4n) is 2.88. The predicted octanol–water partition coefficient (Wildman–Crippen LogP) is 3.52. The molecule has 0 spiro atoms. The second-order valence-electron chi connectivity index (χ2n) is 6.98. The second kappa shape index (κ2) is 9.19. The lowest BCUT2D eigenvalue weighted by Gasteiger charge is -2.10. The highest BCUT2D eigenvalue weighted by Gasteiger charge is 2.13. The third-order valence-corrected chi connectivity index (χ3v) is 5.00. The molecule has 0 atom stereocenters. The van der Waals surface area contributed by atoms with Crippen molar-refractivity contribution in [3.63, 3.8) is 0 Å². The van der Waals surface area contributed by atoms with Crippen LogP contribution < -0.4 is 11.1 Å². The summed E-state index contributed by atoms with van der Waals surface area (Å²) in [5.74, 6) is -0.777. The zero-order valence-corrected chi connectivity index (χ0v) is 17.9. The summed E-state index contributed by atoms with van der Waals surface area (Å²) in [4.78, 5) is 38.5. The van der Waals surface area contributed by atoms with Crippen molar-refractivity contribution in [1.82, 2.24) is 9.47 Å². The molecule has 7 nitrogen and oxygen atoms in total. The number of benzene rings is 2. The highest BCUT2D eigenvalue weighted by Crippen LogP contribution is 2.19. The van der Waals surface area contributed by atoms with E-state index in [1.807, 2.05) is 19.0 Å². The molecule has 2 aromatic carbocycles. The number of carbonyl (C=O) groups excluding carboxylic acids is 2. The first kappa shape index (κ1) is 21.0. The first-order valence-electron chi connectivity index (χ1n) is 9.20. The molecule has 1 aromatic heterocycles. The SMILES string of the molecule is CN(C)CCn1c(=O)oc2ccc(NC(=O)CCC(=O)c3ccc(Br)cc3)cc21. The van der Waals surface area contributed by atoms with Crippen LogP contribution in [0.25, 0.3) is 11.1 Å². The summed E-state index contributed by atoms with van der Waals surface area (Å²) in [5.41, 5.74) is 2.22. The lowest BCUT2D eigenvalue weighted by Crippen LogP contribution is -2.23. The van der Waals surface area contributed by atoms with Crippen molar-refractivity contribution < 1.29 is 14.0 Å². The number of hydrogen-bond donors (Lipinski definition) is 1. The van der Waals surface area contributed by atoms with Gasteiger partial charge in [0.15, 0.2) is 11.4 Å². The minimum Gasteiger partial charge on any atom is -0.408 e. The van der Waals surface area contributed by atoms with Crippen molar-refractivity contribution in [2.45, 2.75) is 19.4 Å². The Morgan fingerprint density at radius 3 is 2.52 bits per heavy atom. The Balaban J connectivity index is 1.65. The Labute approximate surface area is 176 Å². The van der Waals surface area contributed by atoms with Gasteiger partial charge in [-0.25, -0.2) is 4.79 Å². The summed E-state index contributed by atoms with van der Waals surface area (Å²) in [6.07, 6.45) is 0.195. The third kappa shape index (κ3) is 5.42. The molecule has 152 valence electrons. The summed E-state index contributed by atoms with van der Waals surface area (Å²) in [7, 11) is 3.85. The number of ketones is 1. The van der Waals surface area contributed by atoms with Gasteiger partial charge in [-0.2, -0.15) is 0 Å². The van der Waals surface area contributed by atoms with Gasteiger partial charge in [0.1, 0.15) is 0 Å². The van der Waals surface area contributed by atoms with Crippen LogP contribution in [0.5, 0.6) is 0 Å². The van der Waals surface area contributed by atoms with E-state index in [1.54, 1.807) is 47.0 Å². The fraction of sp³-hybridized carbons (Fsp3) is 0.286. The van der Waals surface area contributed by atoms with E-state index in [-0.39, 0.29) is 24.5 Å². The lowest BCUT2D eigenvalue weighted by molar-refractivity contribution is -0.116. The molecule has 0 saturated heterocycles. The summed E-state index contributed by atoms with van der Waals surface area (Å²) < 4.78 is 7.69. The molecule has 0 aliphatic carbocycles. The molecule has 0 radical (unpaired) electrons. The summed E-state index contributed by atoms with van der Waals surface area (Å²) in [5, 5.41) is 2.79. The number of rotatable bonds is 8. The van der Waals surface area contributed by atoms with E-state index in [4.69, 9.17) is 4.42 Å². The average molecular weight is 460 g/mol. The van der Waals surface area contributed by atoms with Crippen LogP contribution in [0.4, 0.5) is 5.69 Å². The summed E-state index contributed by atoms with van der Waals surface area (Å²) >= 11 is 3.33. The molecule has 0 bridgehead atoms. The van der Waals surface area contributed by atoms with Gasteiger partial charge in [-0.3, -0.25) is 14.2 Å².